The summed E-state index contributed by atoms with van der Waals surface area (Å²) in [6.45, 7) is 0. The molecule has 0 radical (unpaired) electrons. The van der Waals surface area contributed by atoms with Crippen molar-refractivity contribution in [3.63, 3.8) is 0 Å². The topological polar surface area (TPSA) is 50.4 Å². The van der Waals surface area contributed by atoms with Gasteiger partial charge in [0.25, 0.3) is 0 Å². The molecule has 0 saturated carbocycles. The number of nitrogens with one attached hydrogen (secondary N) is 1. The fourth-order valence-electron chi connectivity index (χ4n) is 2.51. The fraction of sp³-hybridized carbons (Fsp3) is 0.125. The molecule has 2 heterocycles. The van der Waals surface area contributed by atoms with Crippen LogP contribution in [0, 0.1) is 0 Å². The van der Waals surface area contributed by atoms with E-state index in [-0.39, 0.29) is 17.0 Å². The molecule has 1 aliphatic carbocycles. The molecule has 4 rings (SSSR count). The van der Waals surface area contributed by atoms with Crippen molar-refractivity contribution in [1.82, 2.24) is 4.98 Å². The number of rotatable bonds is 3. The Bertz CT molecular complexity index is 796. The number of hydrogen-bond acceptors (Lipinski definition) is 5. The van der Waals surface area contributed by atoms with Gasteiger partial charge in [0.05, 0.1) is 18.2 Å². The number of fused-ring (bicyclic) bond motifs is 3. The Morgan fingerprint density at radius 2 is 2.09 bits per heavy atom. The molecule has 1 aromatic carbocycles. The maximum Gasteiger partial charge on any atom is 0.204 e. The highest BCUT2D eigenvalue weighted by atomic mass is 79.9. The number of anilines is 1. The largest absolute Gasteiger partial charge is 0.463 e. The molecule has 0 amide bonds. The van der Waals surface area contributed by atoms with E-state index in [4.69, 9.17) is 4.42 Å². The minimum Gasteiger partial charge on any atom is -0.463 e. The van der Waals surface area contributed by atoms with Crippen molar-refractivity contribution in [3.05, 3.63) is 58.9 Å². The third-order valence-electron chi connectivity index (χ3n) is 3.49. The summed E-state index contributed by atoms with van der Waals surface area (Å²) in [5.41, 5.74) is 6.71. The molecule has 0 aliphatic heterocycles. The van der Waals surface area contributed by atoms with Crippen LogP contribution in [-0.4, -0.2) is 11.2 Å². The minimum absolute atomic E-state index is 0. The van der Waals surface area contributed by atoms with E-state index < -0.39 is 0 Å². The van der Waals surface area contributed by atoms with E-state index in [1.807, 2.05) is 12.1 Å². The maximum atomic E-state index is 5.19. The van der Waals surface area contributed by atoms with Crippen molar-refractivity contribution < 1.29 is 4.42 Å². The summed E-state index contributed by atoms with van der Waals surface area (Å²) in [6, 6.07) is 12.2. The summed E-state index contributed by atoms with van der Waals surface area (Å²) in [5.74, 6) is 0.717. The zero-order valence-corrected chi connectivity index (χ0v) is 14.2. The van der Waals surface area contributed by atoms with Crippen molar-refractivity contribution in [2.75, 3.05) is 5.43 Å². The van der Waals surface area contributed by atoms with Gasteiger partial charge in [0.1, 0.15) is 5.76 Å². The zero-order valence-electron chi connectivity index (χ0n) is 11.7. The molecule has 0 spiro atoms. The van der Waals surface area contributed by atoms with E-state index in [1.54, 1.807) is 23.8 Å². The van der Waals surface area contributed by atoms with Gasteiger partial charge in [0.15, 0.2) is 0 Å². The van der Waals surface area contributed by atoms with Gasteiger partial charge >= 0.3 is 0 Å². The molecule has 1 aliphatic rings. The third kappa shape index (κ3) is 2.84. The quantitative estimate of drug-likeness (QED) is 0.540. The third-order valence-corrected chi connectivity index (χ3v) is 4.51. The first kappa shape index (κ1) is 15.0. The van der Waals surface area contributed by atoms with E-state index in [0.29, 0.717) is 5.76 Å². The van der Waals surface area contributed by atoms with Crippen LogP contribution in [0.1, 0.15) is 16.2 Å². The van der Waals surface area contributed by atoms with E-state index in [9.17, 15) is 0 Å². The Morgan fingerprint density at radius 1 is 1.18 bits per heavy atom. The molecule has 6 heteroatoms. The molecule has 0 fully saturated rings. The van der Waals surface area contributed by atoms with Gasteiger partial charge in [0, 0.05) is 10.4 Å². The normalized spacial score (nSPS) is 12.5. The Morgan fingerprint density at radius 3 is 2.95 bits per heavy atom. The second-order valence-corrected chi connectivity index (χ2v) is 5.92. The molecule has 1 N–H and O–H groups in total. The van der Waals surface area contributed by atoms with Crippen LogP contribution in [0.2, 0.25) is 0 Å². The first-order chi connectivity index (χ1) is 10.4. The average Bonchev–Trinajstić information content (AvgIpc) is 3.16. The van der Waals surface area contributed by atoms with E-state index >= 15 is 0 Å². The molecular weight excluding hydrogens is 362 g/mol. The van der Waals surface area contributed by atoms with Crippen LogP contribution in [0.15, 0.2) is 52.2 Å². The lowest BCUT2D eigenvalue weighted by atomic mass is 9.94. The summed E-state index contributed by atoms with van der Waals surface area (Å²) in [4.78, 5) is 6.00. The molecule has 2 aromatic heterocycles. The molecule has 112 valence electrons. The number of thiazole rings is 1. The SMILES string of the molecule is Br.C(=N\Nc1nc2c(s1)CCc1ccccc1-2)/c1ccco1. The summed E-state index contributed by atoms with van der Waals surface area (Å²) in [5, 5.41) is 4.98. The number of hydrogen-bond donors (Lipinski definition) is 1. The molecule has 3 aromatic rings. The van der Waals surface area contributed by atoms with E-state index in [2.05, 4.69) is 39.8 Å². The molecule has 0 unspecified atom stereocenters. The minimum atomic E-state index is 0. The van der Waals surface area contributed by atoms with Gasteiger partial charge in [-0.05, 0) is 30.5 Å². The second kappa shape index (κ2) is 6.46. The van der Waals surface area contributed by atoms with Crippen LogP contribution in [-0.2, 0) is 12.8 Å². The number of benzene rings is 1. The Hall–Kier alpha value is -1.92. The molecule has 4 nitrogen and oxygen atoms in total. The van der Waals surface area contributed by atoms with Crippen LogP contribution >= 0.6 is 28.3 Å². The highest BCUT2D eigenvalue weighted by Gasteiger charge is 2.20. The highest BCUT2D eigenvalue weighted by Crippen LogP contribution is 2.37. The monoisotopic (exact) mass is 375 g/mol. The molecule has 22 heavy (non-hydrogen) atoms. The average molecular weight is 376 g/mol. The summed E-state index contributed by atoms with van der Waals surface area (Å²) in [7, 11) is 0. The van der Waals surface area contributed by atoms with E-state index in [1.165, 1.54) is 16.0 Å². The standard InChI is InChI=1S/C16H13N3OS.BrH/c1-2-6-13-11(4-1)7-8-14-15(13)18-16(21-14)19-17-10-12-5-3-9-20-12;/h1-6,9-10H,7-8H2,(H,18,19);1H/b17-10+;. The van der Waals surface area contributed by atoms with Gasteiger partial charge < -0.3 is 4.42 Å². The predicted molar refractivity (Wildman–Crippen MR) is 95.2 cm³/mol. The second-order valence-electron chi connectivity index (χ2n) is 4.83. The number of nitrogens with zero attached hydrogens (tertiary/aromatic N) is 2. The van der Waals surface area contributed by atoms with E-state index in [0.717, 1.165) is 23.7 Å². The number of aromatic nitrogens is 1. The lowest BCUT2D eigenvalue weighted by molar-refractivity contribution is 0.560. The van der Waals surface area contributed by atoms with Gasteiger partial charge in [0.2, 0.25) is 5.13 Å². The zero-order chi connectivity index (χ0) is 14.1. The van der Waals surface area contributed by atoms with Crippen LogP contribution in [0.25, 0.3) is 11.3 Å². The molecule has 0 atom stereocenters. The van der Waals surface area contributed by atoms with Crippen molar-refractivity contribution in [3.8, 4) is 11.3 Å². The number of furan rings is 1. The Balaban J connectivity index is 0.00000144. The Labute approximate surface area is 142 Å². The van der Waals surface area contributed by atoms with Crippen molar-refractivity contribution >= 4 is 39.7 Å². The lowest BCUT2D eigenvalue weighted by Crippen LogP contribution is -2.01. The summed E-state index contributed by atoms with van der Waals surface area (Å²) >= 11 is 1.67. The van der Waals surface area contributed by atoms with Crippen molar-refractivity contribution in [1.29, 1.82) is 0 Å². The van der Waals surface area contributed by atoms with Crippen molar-refractivity contribution in [2.45, 2.75) is 12.8 Å². The smallest absolute Gasteiger partial charge is 0.204 e. The van der Waals surface area contributed by atoms with Crippen LogP contribution < -0.4 is 5.43 Å². The van der Waals surface area contributed by atoms with Crippen molar-refractivity contribution in [2.24, 2.45) is 5.10 Å². The van der Waals surface area contributed by atoms with Crippen LogP contribution in [0.4, 0.5) is 5.13 Å². The summed E-state index contributed by atoms with van der Waals surface area (Å²) < 4.78 is 5.19. The van der Waals surface area contributed by atoms with Gasteiger partial charge in [-0.2, -0.15) is 5.10 Å². The number of halogens is 1. The highest BCUT2D eigenvalue weighted by molar-refractivity contribution is 8.93. The Kier molecular flexibility index (Phi) is 4.40. The van der Waals surface area contributed by atoms with Gasteiger partial charge in [-0.3, -0.25) is 5.43 Å². The first-order valence-electron chi connectivity index (χ1n) is 6.81. The molecule has 0 saturated heterocycles. The maximum absolute atomic E-state index is 5.19. The van der Waals surface area contributed by atoms with Crippen LogP contribution in [0.3, 0.4) is 0 Å². The van der Waals surface area contributed by atoms with Gasteiger partial charge in [-0.25, -0.2) is 4.98 Å². The lowest BCUT2D eigenvalue weighted by Gasteiger charge is -2.13. The molecular formula is C16H14BrN3OS. The fourth-order valence-corrected chi connectivity index (χ4v) is 3.44. The predicted octanol–water partition coefficient (Wildman–Crippen LogP) is 4.53. The van der Waals surface area contributed by atoms with Gasteiger partial charge in [-0.1, -0.05) is 35.6 Å². The number of aryl methyl sites for hydroxylation is 2. The van der Waals surface area contributed by atoms with Gasteiger partial charge in [-0.15, -0.1) is 17.0 Å². The first-order valence-corrected chi connectivity index (χ1v) is 7.62. The molecule has 0 bridgehead atoms. The van der Waals surface area contributed by atoms with Crippen LogP contribution in [0.5, 0.6) is 0 Å². The number of hydrazone groups is 1. The summed E-state index contributed by atoms with van der Waals surface area (Å²) in [6.07, 6.45) is 5.41.